The Bertz CT molecular complexity index is 756. The molecule has 0 radical (unpaired) electrons. The van der Waals surface area contributed by atoms with Crippen molar-refractivity contribution in [1.29, 1.82) is 0 Å². The van der Waals surface area contributed by atoms with E-state index in [9.17, 15) is 14.4 Å². The van der Waals surface area contributed by atoms with Gasteiger partial charge in [-0.3, -0.25) is 9.59 Å². The molecular formula is C14H11NO4. The van der Waals surface area contributed by atoms with Crippen LogP contribution in [-0.4, -0.2) is 21.6 Å². The SMILES string of the molecule is O=C(O)c1cc2ccccc2n(C(=O)C2CC2)c1=O. The normalized spacial score (nSPS) is 14.5. The quantitative estimate of drug-likeness (QED) is 0.889. The van der Waals surface area contributed by atoms with E-state index in [0.717, 1.165) is 17.4 Å². The van der Waals surface area contributed by atoms with Gasteiger partial charge in [-0.25, -0.2) is 9.36 Å². The maximum Gasteiger partial charge on any atom is 0.341 e. The van der Waals surface area contributed by atoms with E-state index in [1.54, 1.807) is 24.3 Å². The Morgan fingerprint density at radius 1 is 1.21 bits per heavy atom. The first-order valence-corrected chi connectivity index (χ1v) is 6.02. The highest BCUT2D eigenvalue weighted by atomic mass is 16.4. The molecule has 96 valence electrons. The molecular weight excluding hydrogens is 246 g/mol. The predicted molar refractivity (Wildman–Crippen MR) is 68.5 cm³/mol. The van der Waals surface area contributed by atoms with Crippen molar-refractivity contribution in [3.63, 3.8) is 0 Å². The molecule has 1 saturated carbocycles. The Labute approximate surface area is 108 Å². The summed E-state index contributed by atoms with van der Waals surface area (Å²) in [5, 5.41) is 9.64. The van der Waals surface area contributed by atoms with E-state index in [0.29, 0.717) is 10.9 Å². The Hall–Kier alpha value is -2.43. The highest BCUT2D eigenvalue weighted by Gasteiger charge is 2.33. The van der Waals surface area contributed by atoms with Gasteiger partial charge in [0.25, 0.3) is 5.56 Å². The van der Waals surface area contributed by atoms with E-state index in [-0.39, 0.29) is 17.4 Å². The molecule has 5 heteroatoms. The molecule has 0 spiro atoms. The predicted octanol–water partition coefficient (Wildman–Crippen LogP) is 1.75. The number of rotatable bonds is 2. The summed E-state index contributed by atoms with van der Waals surface area (Å²) in [6, 6.07) is 8.13. The first-order valence-electron chi connectivity index (χ1n) is 6.02. The molecule has 3 rings (SSSR count). The van der Waals surface area contributed by atoms with Gasteiger partial charge in [-0.1, -0.05) is 18.2 Å². The zero-order chi connectivity index (χ0) is 13.6. The van der Waals surface area contributed by atoms with Crippen molar-refractivity contribution in [2.24, 2.45) is 5.92 Å². The topological polar surface area (TPSA) is 76.4 Å². The van der Waals surface area contributed by atoms with Crippen molar-refractivity contribution in [2.45, 2.75) is 12.8 Å². The van der Waals surface area contributed by atoms with Gasteiger partial charge in [0.15, 0.2) is 0 Å². The number of pyridine rings is 1. The van der Waals surface area contributed by atoms with Gasteiger partial charge in [-0.05, 0) is 30.4 Å². The lowest BCUT2D eigenvalue weighted by molar-refractivity contribution is 0.0694. The molecule has 0 unspecified atom stereocenters. The molecule has 5 nitrogen and oxygen atoms in total. The molecule has 1 aromatic carbocycles. The van der Waals surface area contributed by atoms with E-state index in [1.807, 2.05) is 0 Å². The first-order chi connectivity index (χ1) is 9.09. The molecule has 1 heterocycles. The van der Waals surface area contributed by atoms with Gasteiger partial charge in [0.05, 0.1) is 5.52 Å². The Kier molecular flexibility index (Phi) is 2.48. The van der Waals surface area contributed by atoms with Crippen LogP contribution in [0.3, 0.4) is 0 Å². The van der Waals surface area contributed by atoms with E-state index in [1.165, 1.54) is 6.07 Å². The van der Waals surface area contributed by atoms with Crippen LogP contribution in [0.1, 0.15) is 28.0 Å². The smallest absolute Gasteiger partial charge is 0.341 e. The van der Waals surface area contributed by atoms with Gasteiger partial charge >= 0.3 is 5.97 Å². The zero-order valence-corrected chi connectivity index (χ0v) is 10.00. The molecule has 1 aromatic heterocycles. The van der Waals surface area contributed by atoms with Crippen molar-refractivity contribution >= 4 is 22.8 Å². The number of fused-ring (bicyclic) bond motifs is 1. The van der Waals surface area contributed by atoms with Gasteiger partial charge in [0.1, 0.15) is 5.56 Å². The molecule has 1 aliphatic carbocycles. The van der Waals surface area contributed by atoms with Crippen molar-refractivity contribution in [2.75, 3.05) is 0 Å². The lowest BCUT2D eigenvalue weighted by atomic mass is 10.1. The van der Waals surface area contributed by atoms with Crippen molar-refractivity contribution < 1.29 is 14.7 Å². The van der Waals surface area contributed by atoms with Gasteiger partial charge in [-0.2, -0.15) is 0 Å². The first kappa shape index (κ1) is 11.6. The summed E-state index contributed by atoms with van der Waals surface area (Å²) in [5.74, 6) is -1.76. The van der Waals surface area contributed by atoms with Crippen molar-refractivity contribution in [3.8, 4) is 0 Å². The number of hydrogen-bond donors (Lipinski definition) is 1. The van der Waals surface area contributed by atoms with Crippen LogP contribution in [0.4, 0.5) is 0 Å². The number of carbonyl (C=O) groups is 2. The number of carbonyl (C=O) groups excluding carboxylic acids is 1. The van der Waals surface area contributed by atoms with Crippen LogP contribution in [0, 0.1) is 5.92 Å². The summed E-state index contributed by atoms with van der Waals surface area (Å²) in [5.41, 5.74) is -0.648. The third kappa shape index (κ3) is 1.83. The highest BCUT2D eigenvalue weighted by Crippen LogP contribution is 2.31. The monoisotopic (exact) mass is 257 g/mol. The van der Waals surface area contributed by atoms with Gasteiger partial charge < -0.3 is 5.11 Å². The molecule has 2 aromatic rings. The van der Waals surface area contributed by atoms with Crippen LogP contribution in [0.2, 0.25) is 0 Å². The van der Waals surface area contributed by atoms with Crippen LogP contribution in [-0.2, 0) is 0 Å². The van der Waals surface area contributed by atoms with Crippen LogP contribution in [0.15, 0.2) is 35.1 Å². The second-order valence-electron chi connectivity index (χ2n) is 4.68. The van der Waals surface area contributed by atoms with Gasteiger partial charge in [0.2, 0.25) is 5.91 Å². The third-order valence-electron chi connectivity index (χ3n) is 3.29. The fourth-order valence-electron chi connectivity index (χ4n) is 2.15. The van der Waals surface area contributed by atoms with Crippen LogP contribution in [0.25, 0.3) is 10.9 Å². The molecule has 0 saturated heterocycles. The number of aromatic nitrogens is 1. The van der Waals surface area contributed by atoms with Crippen molar-refractivity contribution in [1.82, 2.24) is 4.57 Å². The molecule has 0 atom stereocenters. The highest BCUT2D eigenvalue weighted by molar-refractivity contribution is 5.98. The number of hydrogen-bond acceptors (Lipinski definition) is 3. The molecule has 19 heavy (non-hydrogen) atoms. The fourth-order valence-corrected chi connectivity index (χ4v) is 2.15. The number of nitrogens with zero attached hydrogens (tertiary/aromatic N) is 1. The molecule has 0 aliphatic heterocycles. The Balaban J connectivity index is 2.38. The maximum atomic E-state index is 12.2. The maximum absolute atomic E-state index is 12.2. The van der Waals surface area contributed by atoms with Gasteiger partial charge in [-0.15, -0.1) is 0 Å². The second-order valence-corrected chi connectivity index (χ2v) is 4.68. The summed E-state index contributed by atoms with van der Waals surface area (Å²) in [6.45, 7) is 0. The zero-order valence-electron chi connectivity index (χ0n) is 10.00. The van der Waals surface area contributed by atoms with Crippen molar-refractivity contribution in [3.05, 3.63) is 46.2 Å². The van der Waals surface area contributed by atoms with Crippen LogP contribution >= 0.6 is 0 Å². The minimum atomic E-state index is -1.31. The number of benzene rings is 1. The van der Waals surface area contributed by atoms with Crippen LogP contribution in [0.5, 0.6) is 0 Å². The standard InChI is InChI=1S/C14H11NO4/c16-12(8-5-6-8)15-11-4-2-1-3-9(11)7-10(13(15)17)14(18)19/h1-4,7-8H,5-6H2,(H,18,19). The van der Waals surface area contributed by atoms with E-state index in [4.69, 9.17) is 5.11 Å². The summed E-state index contributed by atoms with van der Waals surface area (Å²) in [7, 11) is 0. The minimum Gasteiger partial charge on any atom is -0.477 e. The fraction of sp³-hybridized carbons (Fsp3) is 0.214. The van der Waals surface area contributed by atoms with Gasteiger partial charge in [0, 0.05) is 5.92 Å². The molecule has 1 fully saturated rings. The molecule has 1 N–H and O–H groups in total. The summed E-state index contributed by atoms with van der Waals surface area (Å²) < 4.78 is 1.01. The largest absolute Gasteiger partial charge is 0.477 e. The average molecular weight is 257 g/mol. The second kappa shape index (κ2) is 4.05. The third-order valence-corrected chi connectivity index (χ3v) is 3.29. The number of para-hydroxylation sites is 1. The lowest BCUT2D eigenvalue weighted by Gasteiger charge is -2.09. The molecule has 0 bridgehead atoms. The van der Waals surface area contributed by atoms with E-state index >= 15 is 0 Å². The summed E-state index contributed by atoms with van der Waals surface area (Å²) in [4.78, 5) is 35.4. The number of carboxylic acid groups (broad SMARTS) is 1. The minimum absolute atomic E-state index is 0.148. The Morgan fingerprint density at radius 2 is 1.89 bits per heavy atom. The lowest BCUT2D eigenvalue weighted by Crippen LogP contribution is -2.32. The number of carboxylic acids is 1. The Morgan fingerprint density at radius 3 is 2.53 bits per heavy atom. The molecule has 0 amide bonds. The summed E-state index contributed by atoms with van der Waals surface area (Å²) >= 11 is 0. The van der Waals surface area contributed by atoms with E-state index < -0.39 is 11.5 Å². The van der Waals surface area contributed by atoms with E-state index in [2.05, 4.69) is 0 Å². The molecule has 1 aliphatic rings. The summed E-state index contributed by atoms with van der Waals surface area (Å²) in [6.07, 6.45) is 1.52. The average Bonchev–Trinajstić information content (AvgIpc) is 3.21. The number of aromatic carboxylic acids is 1. The van der Waals surface area contributed by atoms with Crippen LogP contribution < -0.4 is 5.56 Å².